The van der Waals surface area contributed by atoms with Gasteiger partial charge in [0.05, 0.1) is 5.69 Å². The quantitative estimate of drug-likeness (QED) is 0.694. The van der Waals surface area contributed by atoms with Gasteiger partial charge in [0, 0.05) is 6.20 Å². The Morgan fingerprint density at radius 1 is 1.58 bits per heavy atom. The van der Waals surface area contributed by atoms with Crippen molar-refractivity contribution in [2.45, 2.75) is 5.75 Å². The van der Waals surface area contributed by atoms with Gasteiger partial charge in [-0.15, -0.1) is 0 Å². The van der Waals surface area contributed by atoms with Gasteiger partial charge in [-0.2, -0.15) is 0 Å². The summed E-state index contributed by atoms with van der Waals surface area (Å²) in [7, 11) is -1.84. The maximum Gasteiger partial charge on any atom is 0.217 e. The molecule has 0 aliphatic heterocycles. The van der Waals surface area contributed by atoms with Crippen LogP contribution >= 0.6 is 0 Å². The SMILES string of the molecule is CNS(=O)(=O)Cc1ccncn1. The summed E-state index contributed by atoms with van der Waals surface area (Å²) in [5, 5.41) is 0. The van der Waals surface area contributed by atoms with Crippen LogP contribution in [0.3, 0.4) is 0 Å². The minimum Gasteiger partial charge on any atom is -0.245 e. The summed E-state index contributed by atoms with van der Waals surface area (Å²) in [5.41, 5.74) is 0.486. The fourth-order valence-electron chi connectivity index (χ4n) is 0.670. The molecule has 0 unspecified atom stereocenters. The van der Waals surface area contributed by atoms with Crippen LogP contribution in [0.25, 0.3) is 0 Å². The van der Waals surface area contributed by atoms with Crippen molar-refractivity contribution in [1.29, 1.82) is 0 Å². The molecule has 0 aromatic carbocycles. The number of sulfonamides is 1. The van der Waals surface area contributed by atoms with Crippen molar-refractivity contribution in [1.82, 2.24) is 14.7 Å². The third-order valence-corrected chi connectivity index (χ3v) is 2.59. The van der Waals surface area contributed by atoms with E-state index in [1.54, 1.807) is 6.07 Å². The van der Waals surface area contributed by atoms with Crippen LogP contribution in [0.5, 0.6) is 0 Å². The Bertz CT molecular complexity index is 335. The maximum atomic E-state index is 11.0. The minimum absolute atomic E-state index is 0.105. The highest BCUT2D eigenvalue weighted by atomic mass is 32.2. The molecule has 0 fully saturated rings. The molecule has 0 saturated carbocycles. The first kappa shape index (κ1) is 9.08. The smallest absolute Gasteiger partial charge is 0.217 e. The molecule has 1 rings (SSSR count). The van der Waals surface area contributed by atoms with Gasteiger partial charge in [0.1, 0.15) is 12.1 Å². The summed E-state index contributed by atoms with van der Waals surface area (Å²) >= 11 is 0. The Morgan fingerprint density at radius 2 is 2.33 bits per heavy atom. The fourth-order valence-corrected chi connectivity index (χ4v) is 1.37. The van der Waals surface area contributed by atoms with Crippen molar-refractivity contribution >= 4 is 10.0 Å². The Labute approximate surface area is 70.9 Å². The summed E-state index contributed by atoms with van der Waals surface area (Å²) in [6, 6.07) is 1.56. The molecule has 0 aliphatic rings. The lowest BCUT2D eigenvalue weighted by Gasteiger charge is -1.99. The van der Waals surface area contributed by atoms with E-state index in [1.807, 2.05) is 0 Å². The number of hydrogen-bond donors (Lipinski definition) is 1. The second-order valence-corrected chi connectivity index (χ2v) is 4.09. The van der Waals surface area contributed by atoms with Crippen molar-refractivity contribution in [2.75, 3.05) is 7.05 Å². The van der Waals surface area contributed by atoms with Crippen LogP contribution in [0.15, 0.2) is 18.6 Å². The minimum atomic E-state index is -3.21. The van der Waals surface area contributed by atoms with Gasteiger partial charge in [0.2, 0.25) is 10.0 Å². The highest BCUT2D eigenvalue weighted by molar-refractivity contribution is 7.88. The molecule has 0 amide bonds. The lowest BCUT2D eigenvalue weighted by atomic mass is 10.5. The third-order valence-electron chi connectivity index (χ3n) is 1.29. The van der Waals surface area contributed by atoms with Crippen molar-refractivity contribution in [3.8, 4) is 0 Å². The van der Waals surface area contributed by atoms with Gasteiger partial charge in [-0.25, -0.2) is 23.1 Å². The zero-order chi connectivity index (χ0) is 9.03. The van der Waals surface area contributed by atoms with Gasteiger partial charge in [-0.1, -0.05) is 0 Å². The Morgan fingerprint density at radius 3 is 2.83 bits per heavy atom. The summed E-state index contributed by atoms with van der Waals surface area (Å²) in [6.07, 6.45) is 2.83. The van der Waals surface area contributed by atoms with Crippen LogP contribution in [-0.2, 0) is 15.8 Å². The molecule has 1 aromatic rings. The molecule has 6 heteroatoms. The van der Waals surface area contributed by atoms with E-state index in [2.05, 4.69) is 14.7 Å². The zero-order valence-corrected chi connectivity index (χ0v) is 7.37. The first-order valence-electron chi connectivity index (χ1n) is 3.30. The largest absolute Gasteiger partial charge is 0.245 e. The highest BCUT2D eigenvalue weighted by Crippen LogP contribution is 1.97. The molecule has 0 spiro atoms. The molecule has 12 heavy (non-hydrogen) atoms. The van der Waals surface area contributed by atoms with Crippen LogP contribution in [0.4, 0.5) is 0 Å². The van der Waals surface area contributed by atoms with Gasteiger partial charge < -0.3 is 0 Å². The predicted molar refractivity (Wildman–Crippen MR) is 43.7 cm³/mol. The van der Waals surface area contributed by atoms with Crippen LogP contribution in [0, 0.1) is 0 Å². The maximum absolute atomic E-state index is 11.0. The van der Waals surface area contributed by atoms with Crippen LogP contribution in [0.2, 0.25) is 0 Å². The lowest BCUT2D eigenvalue weighted by Crippen LogP contribution is -2.20. The van der Waals surface area contributed by atoms with Crippen LogP contribution < -0.4 is 4.72 Å². The standard InChI is InChI=1S/C6H9N3O2S/c1-7-12(10,11)4-6-2-3-8-5-9-6/h2-3,5,7H,4H2,1H3. The van der Waals surface area contributed by atoms with Crippen molar-refractivity contribution in [3.05, 3.63) is 24.3 Å². The highest BCUT2D eigenvalue weighted by Gasteiger charge is 2.08. The normalized spacial score (nSPS) is 11.4. The summed E-state index contributed by atoms with van der Waals surface area (Å²) in [5.74, 6) is -0.105. The second kappa shape index (κ2) is 3.59. The number of nitrogens with one attached hydrogen (secondary N) is 1. The second-order valence-electron chi connectivity index (χ2n) is 2.16. The fraction of sp³-hybridized carbons (Fsp3) is 0.333. The molecule has 0 bridgehead atoms. The van der Waals surface area contributed by atoms with E-state index in [0.717, 1.165) is 0 Å². The molecule has 1 heterocycles. The van der Waals surface area contributed by atoms with E-state index in [-0.39, 0.29) is 5.75 Å². The summed E-state index contributed by atoms with van der Waals surface area (Å²) < 4.78 is 24.2. The number of nitrogens with zero attached hydrogens (tertiary/aromatic N) is 2. The van der Waals surface area contributed by atoms with E-state index in [0.29, 0.717) is 5.69 Å². The van der Waals surface area contributed by atoms with E-state index in [4.69, 9.17) is 0 Å². The Balaban J connectivity index is 2.78. The third kappa shape index (κ3) is 2.55. The average Bonchev–Trinajstić information content (AvgIpc) is 2.06. The van der Waals surface area contributed by atoms with E-state index in [1.165, 1.54) is 19.6 Å². The van der Waals surface area contributed by atoms with Gasteiger partial charge >= 0.3 is 0 Å². The van der Waals surface area contributed by atoms with Crippen molar-refractivity contribution in [3.63, 3.8) is 0 Å². The Hall–Kier alpha value is -1.01. The van der Waals surface area contributed by atoms with Crippen molar-refractivity contribution in [2.24, 2.45) is 0 Å². The molecule has 66 valence electrons. The first-order valence-corrected chi connectivity index (χ1v) is 4.95. The predicted octanol–water partition coefficient (Wildman–Crippen LogP) is -0.474. The molecular weight excluding hydrogens is 178 g/mol. The first-order chi connectivity index (χ1) is 5.64. The molecule has 1 N–H and O–H groups in total. The van der Waals surface area contributed by atoms with Crippen LogP contribution in [-0.4, -0.2) is 25.4 Å². The Kier molecular flexibility index (Phi) is 2.72. The molecule has 5 nitrogen and oxygen atoms in total. The van der Waals surface area contributed by atoms with E-state index in [9.17, 15) is 8.42 Å². The zero-order valence-electron chi connectivity index (χ0n) is 6.56. The summed E-state index contributed by atoms with van der Waals surface area (Å²) in [6.45, 7) is 0. The summed E-state index contributed by atoms with van der Waals surface area (Å²) in [4.78, 5) is 7.46. The van der Waals surface area contributed by atoms with E-state index >= 15 is 0 Å². The molecule has 0 atom stereocenters. The topological polar surface area (TPSA) is 72.0 Å². The molecule has 0 radical (unpaired) electrons. The molecule has 0 saturated heterocycles. The monoisotopic (exact) mass is 187 g/mol. The van der Waals surface area contributed by atoms with Crippen LogP contribution in [0.1, 0.15) is 5.69 Å². The molecule has 1 aromatic heterocycles. The van der Waals surface area contributed by atoms with Gasteiger partial charge in [-0.3, -0.25) is 0 Å². The van der Waals surface area contributed by atoms with Gasteiger partial charge in [0.15, 0.2) is 0 Å². The van der Waals surface area contributed by atoms with E-state index < -0.39 is 10.0 Å². The number of rotatable bonds is 3. The van der Waals surface area contributed by atoms with Gasteiger partial charge in [-0.05, 0) is 13.1 Å². The van der Waals surface area contributed by atoms with Crippen molar-refractivity contribution < 1.29 is 8.42 Å². The molecule has 0 aliphatic carbocycles. The van der Waals surface area contributed by atoms with Gasteiger partial charge in [0.25, 0.3) is 0 Å². The lowest BCUT2D eigenvalue weighted by molar-refractivity contribution is 0.586. The molecular formula is C6H9N3O2S. The number of aromatic nitrogens is 2. The average molecular weight is 187 g/mol. The number of hydrogen-bond acceptors (Lipinski definition) is 4.